The maximum Gasteiger partial charge on any atom is 0.331 e. The summed E-state index contributed by atoms with van der Waals surface area (Å²) in [6, 6.07) is 9.28. The molecule has 0 atom stereocenters. The van der Waals surface area contributed by atoms with Gasteiger partial charge in [-0.05, 0) is 47.7 Å². The molecular weight excluding hydrogens is 394 g/mol. The van der Waals surface area contributed by atoms with Gasteiger partial charge >= 0.3 is 5.97 Å². The van der Waals surface area contributed by atoms with Crippen molar-refractivity contribution >= 4 is 35.2 Å². The van der Waals surface area contributed by atoms with Crippen LogP contribution in [0.2, 0.25) is 5.02 Å². The topological polar surface area (TPSA) is 73.9 Å². The molecule has 152 valence electrons. The molecule has 0 aliphatic carbocycles. The number of ether oxygens (including phenoxy) is 3. The molecule has 0 aromatic heterocycles. The zero-order valence-corrected chi connectivity index (χ0v) is 17.0. The number of nitrogens with one attached hydrogen (secondary N) is 1. The van der Waals surface area contributed by atoms with Crippen molar-refractivity contribution in [2.24, 2.45) is 0 Å². The molecule has 2 aromatic rings. The molecule has 7 heteroatoms. The molecule has 0 bridgehead atoms. The first kappa shape index (κ1) is 20.7. The molecule has 2 aromatic carbocycles. The van der Waals surface area contributed by atoms with Crippen molar-refractivity contribution < 1.29 is 23.8 Å². The van der Waals surface area contributed by atoms with Crippen LogP contribution >= 0.6 is 11.6 Å². The second kappa shape index (κ2) is 9.47. The van der Waals surface area contributed by atoms with Crippen molar-refractivity contribution in [2.75, 3.05) is 18.7 Å². The maximum absolute atomic E-state index is 12.2. The van der Waals surface area contributed by atoms with E-state index in [2.05, 4.69) is 5.32 Å². The number of halogens is 1. The Bertz CT molecular complexity index is 932. The van der Waals surface area contributed by atoms with Gasteiger partial charge in [0.15, 0.2) is 18.1 Å². The van der Waals surface area contributed by atoms with Crippen LogP contribution in [-0.4, -0.2) is 25.3 Å². The molecule has 6 nitrogen and oxygen atoms in total. The molecule has 0 spiro atoms. The van der Waals surface area contributed by atoms with E-state index in [1.54, 1.807) is 12.1 Å². The normalized spacial score (nSPS) is 12.2. The summed E-state index contributed by atoms with van der Waals surface area (Å²) in [5.41, 5.74) is 3.54. The van der Waals surface area contributed by atoms with Gasteiger partial charge in [-0.25, -0.2) is 4.79 Å². The largest absolute Gasteiger partial charge is 0.454 e. The highest BCUT2D eigenvalue weighted by Crippen LogP contribution is 2.40. The minimum absolute atomic E-state index is 0.111. The number of esters is 1. The number of amides is 1. The first-order chi connectivity index (χ1) is 14.0. The van der Waals surface area contributed by atoms with Crippen molar-refractivity contribution in [3.63, 3.8) is 0 Å². The fourth-order valence-corrected chi connectivity index (χ4v) is 3.28. The molecule has 1 N–H and O–H groups in total. The summed E-state index contributed by atoms with van der Waals surface area (Å²) >= 11 is 6.11. The SMILES string of the molecule is CCc1cccc(CC)c1NC(=O)COC(=O)/C=C/c1cc(Cl)c2c(c1)OCO2. The van der Waals surface area contributed by atoms with Crippen LogP contribution in [0.4, 0.5) is 5.69 Å². The van der Waals surface area contributed by atoms with Gasteiger partial charge in [-0.1, -0.05) is 43.6 Å². The molecule has 0 radical (unpaired) electrons. The molecule has 0 unspecified atom stereocenters. The third-order valence-corrected chi connectivity index (χ3v) is 4.75. The van der Waals surface area contributed by atoms with Crippen LogP contribution in [0.5, 0.6) is 11.5 Å². The minimum atomic E-state index is -0.631. The summed E-state index contributed by atoms with van der Waals surface area (Å²) < 4.78 is 15.6. The van der Waals surface area contributed by atoms with Crippen LogP contribution in [0.25, 0.3) is 6.08 Å². The minimum Gasteiger partial charge on any atom is -0.454 e. The van der Waals surface area contributed by atoms with Crippen LogP contribution in [0, 0.1) is 0 Å². The number of carbonyl (C=O) groups excluding carboxylic acids is 2. The summed E-state index contributed by atoms with van der Waals surface area (Å²) in [4.78, 5) is 24.2. The van der Waals surface area contributed by atoms with Crippen molar-refractivity contribution in [1.82, 2.24) is 0 Å². The van der Waals surface area contributed by atoms with Crippen LogP contribution in [0.3, 0.4) is 0 Å². The second-order valence-corrected chi connectivity index (χ2v) is 6.79. The Hall–Kier alpha value is -2.99. The Balaban J connectivity index is 1.57. The van der Waals surface area contributed by atoms with E-state index >= 15 is 0 Å². The van der Waals surface area contributed by atoms with E-state index < -0.39 is 5.97 Å². The Kier molecular flexibility index (Phi) is 6.77. The number of carbonyl (C=O) groups is 2. The molecule has 0 saturated carbocycles. The third kappa shape index (κ3) is 5.09. The summed E-state index contributed by atoms with van der Waals surface area (Å²) in [6.45, 7) is 3.79. The van der Waals surface area contributed by atoms with E-state index in [-0.39, 0.29) is 19.3 Å². The van der Waals surface area contributed by atoms with E-state index in [1.165, 1.54) is 12.2 Å². The lowest BCUT2D eigenvalue weighted by Crippen LogP contribution is -2.21. The number of hydrogen-bond donors (Lipinski definition) is 1. The third-order valence-electron chi connectivity index (χ3n) is 4.47. The van der Waals surface area contributed by atoms with Gasteiger partial charge in [0, 0.05) is 11.8 Å². The van der Waals surface area contributed by atoms with Gasteiger partial charge in [0.05, 0.1) is 5.02 Å². The predicted octanol–water partition coefficient (Wildman–Crippen LogP) is 4.39. The Morgan fingerprint density at radius 3 is 2.59 bits per heavy atom. The van der Waals surface area contributed by atoms with Crippen LogP contribution in [0.1, 0.15) is 30.5 Å². The second-order valence-electron chi connectivity index (χ2n) is 6.38. The smallest absolute Gasteiger partial charge is 0.331 e. The van der Waals surface area contributed by atoms with Crippen LogP contribution in [0.15, 0.2) is 36.4 Å². The molecular formula is C22H22ClNO5. The molecule has 1 heterocycles. The summed E-state index contributed by atoms with van der Waals surface area (Å²) in [6.07, 6.45) is 4.36. The monoisotopic (exact) mass is 415 g/mol. The van der Waals surface area contributed by atoms with E-state index in [0.29, 0.717) is 22.1 Å². The summed E-state index contributed by atoms with van der Waals surface area (Å²) in [5.74, 6) is -0.00464. The van der Waals surface area contributed by atoms with Crippen LogP contribution < -0.4 is 14.8 Å². The molecule has 1 aliphatic rings. The lowest BCUT2D eigenvalue weighted by Gasteiger charge is -2.14. The molecule has 1 amide bonds. The Labute approximate surface area is 174 Å². The van der Waals surface area contributed by atoms with E-state index in [0.717, 1.165) is 29.7 Å². The highest BCUT2D eigenvalue weighted by Gasteiger charge is 2.17. The van der Waals surface area contributed by atoms with Crippen molar-refractivity contribution in [3.8, 4) is 11.5 Å². The first-order valence-corrected chi connectivity index (χ1v) is 9.74. The summed E-state index contributed by atoms with van der Waals surface area (Å²) in [7, 11) is 0. The molecule has 0 saturated heterocycles. The number of para-hydroxylation sites is 1. The van der Waals surface area contributed by atoms with Gasteiger partial charge in [-0.2, -0.15) is 0 Å². The number of benzene rings is 2. The number of anilines is 1. The standard InChI is InChI=1S/C22H22ClNO5/c1-3-15-6-5-7-16(4-2)21(15)24-19(25)12-27-20(26)9-8-14-10-17(23)22-18(11-14)28-13-29-22/h5-11H,3-4,12-13H2,1-2H3,(H,24,25)/b9-8+. The quantitative estimate of drug-likeness (QED) is 0.536. The summed E-state index contributed by atoms with van der Waals surface area (Å²) in [5, 5.41) is 3.25. The predicted molar refractivity (Wildman–Crippen MR) is 111 cm³/mol. The zero-order valence-electron chi connectivity index (χ0n) is 16.3. The fourth-order valence-electron chi connectivity index (χ4n) is 3.01. The van der Waals surface area contributed by atoms with Gasteiger partial charge < -0.3 is 19.5 Å². The highest BCUT2D eigenvalue weighted by molar-refractivity contribution is 6.32. The number of aryl methyl sites for hydroxylation is 2. The molecule has 0 fully saturated rings. The van der Waals surface area contributed by atoms with Crippen LogP contribution in [-0.2, 0) is 27.2 Å². The lowest BCUT2D eigenvalue weighted by atomic mass is 10.0. The number of fused-ring (bicyclic) bond motifs is 1. The zero-order chi connectivity index (χ0) is 20.8. The van der Waals surface area contributed by atoms with E-state index in [9.17, 15) is 9.59 Å². The maximum atomic E-state index is 12.2. The van der Waals surface area contributed by atoms with E-state index in [4.69, 9.17) is 25.8 Å². The van der Waals surface area contributed by atoms with E-state index in [1.807, 2.05) is 32.0 Å². The van der Waals surface area contributed by atoms with Crippen molar-refractivity contribution in [3.05, 3.63) is 58.1 Å². The van der Waals surface area contributed by atoms with Crippen molar-refractivity contribution in [1.29, 1.82) is 0 Å². The van der Waals surface area contributed by atoms with Gasteiger partial charge in [-0.15, -0.1) is 0 Å². The molecule has 1 aliphatic heterocycles. The van der Waals surface area contributed by atoms with Crippen molar-refractivity contribution in [2.45, 2.75) is 26.7 Å². The average molecular weight is 416 g/mol. The number of rotatable bonds is 7. The molecule has 29 heavy (non-hydrogen) atoms. The average Bonchev–Trinajstić information content (AvgIpc) is 3.20. The fraction of sp³-hybridized carbons (Fsp3) is 0.273. The lowest BCUT2D eigenvalue weighted by molar-refractivity contribution is -0.142. The van der Waals surface area contributed by atoms with Gasteiger partial charge in [-0.3, -0.25) is 4.79 Å². The van der Waals surface area contributed by atoms with Gasteiger partial charge in [0.1, 0.15) is 0 Å². The highest BCUT2D eigenvalue weighted by atomic mass is 35.5. The molecule has 3 rings (SSSR count). The Morgan fingerprint density at radius 1 is 1.17 bits per heavy atom. The van der Waals surface area contributed by atoms with Gasteiger partial charge in [0.2, 0.25) is 6.79 Å². The first-order valence-electron chi connectivity index (χ1n) is 9.36. The number of hydrogen-bond acceptors (Lipinski definition) is 5. The van der Waals surface area contributed by atoms with Gasteiger partial charge in [0.25, 0.3) is 5.91 Å². The Morgan fingerprint density at radius 2 is 1.90 bits per heavy atom.